The first-order valence-corrected chi connectivity index (χ1v) is 7.71. The van der Waals surface area contributed by atoms with Gasteiger partial charge in [-0.2, -0.15) is 0 Å². The van der Waals surface area contributed by atoms with Crippen LogP contribution in [0.3, 0.4) is 0 Å². The number of carbonyl (C=O) groups excluding carboxylic acids is 2. The van der Waals surface area contributed by atoms with Gasteiger partial charge in [-0.1, -0.05) is 0 Å². The molecular weight excluding hydrogens is 240 g/mol. The summed E-state index contributed by atoms with van der Waals surface area (Å²) in [6.45, 7) is 3.75. The molecule has 0 aromatic rings. The van der Waals surface area contributed by atoms with E-state index in [1.807, 2.05) is 6.92 Å². The van der Waals surface area contributed by atoms with Gasteiger partial charge in [0, 0.05) is 0 Å². The molecule has 0 N–H and O–H groups in total. The number of hydrogen-bond acceptors (Lipinski definition) is 3. The summed E-state index contributed by atoms with van der Waals surface area (Å²) in [5.74, 6) is 1.51. The first kappa shape index (κ1) is 13.1. The molecule has 0 aromatic heterocycles. The van der Waals surface area contributed by atoms with Crippen LogP contribution in [0.5, 0.6) is 0 Å². The standard InChI is InChI=1S/C16H24O3/c1-3-19-15(18)14(10(2)17)16-7-11-4-12(8-16)6-13(5-11)9-16/h11-14H,3-9H2,1-2H3/t11?,12?,13?,14-,16?/m0/s1. The third-order valence-corrected chi connectivity index (χ3v) is 5.63. The number of rotatable bonds is 4. The minimum absolute atomic E-state index is 0.0143. The molecule has 0 aliphatic heterocycles. The van der Waals surface area contributed by atoms with Crippen LogP contribution in [0, 0.1) is 29.1 Å². The Balaban J connectivity index is 1.89. The molecule has 1 atom stereocenters. The minimum atomic E-state index is -0.499. The predicted octanol–water partition coefficient (Wildman–Crippen LogP) is 2.97. The summed E-state index contributed by atoms with van der Waals surface area (Å²) in [6.07, 6.45) is 7.19. The smallest absolute Gasteiger partial charge is 0.317 e. The quantitative estimate of drug-likeness (QED) is 0.579. The summed E-state index contributed by atoms with van der Waals surface area (Å²) < 4.78 is 5.20. The van der Waals surface area contributed by atoms with Gasteiger partial charge in [-0.05, 0) is 75.5 Å². The van der Waals surface area contributed by atoms with Crippen molar-refractivity contribution in [3.05, 3.63) is 0 Å². The maximum absolute atomic E-state index is 12.3. The third-order valence-electron chi connectivity index (χ3n) is 5.63. The Hall–Kier alpha value is -0.860. The molecule has 4 fully saturated rings. The summed E-state index contributed by atoms with van der Waals surface area (Å²) >= 11 is 0. The fourth-order valence-electron chi connectivity index (χ4n) is 5.60. The normalized spacial score (nSPS) is 41.1. The average Bonchev–Trinajstić information content (AvgIpc) is 2.25. The lowest BCUT2D eigenvalue weighted by molar-refractivity contribution is -0.167. The van der Waals surface area contributed by atoms with Crippen molar-refractivity contribution < 1.29 is 14.3 Å². The Morgan fingerprint density at radius 1 is 1.11 bits per heavy atom. The lowest BCUT2D eigenvalue weighted by Gasteiger charge is -2.58. The second kappa shape index (κ2) is 4.60. The topological polar surface area (TPSA) is 43.4 Å². The van der Waals surface area contributed by atoms with Gasteiger partial charge in [0.25, 0.3) is 0 Å². The molecule has 0 radical (unpaired) electrons. The van der Waals surface area contributed by atoms with Gasteiger partial charge in [0.1, 0.15) is 11.7 Å². The second-order valence-corrected chi connectivity index (χ2v) is 7.08. The van der Waals surface area contributed by atoms with Crippen molar-refractivity contribution in [1.29, 1.82) is 0 Å². The van der Waals surface area contributed by atoms with E-state index in [1.165, 1.54) is 19.3 Å². The molecule has 106 valence electrons. The number of carbonyl (C=O) groups is 2. The summed E-state index contributed by atoms with van der Waals surface area (Å²) in [5.41, 5.74) is -0.0627. The Morgan fingerprint density at radius 3 is 1.95 bits per heavy atom. The van der Waals surface area contributed by atoms with E-state index in [1.54, 1.807) is 6.92 Å². The van der Waals surface area contributed by atoms with Crippen molar-refractivity contribution in [2.75, 3.05) is 6.61 Å². The third kappa shape index (κ3) is 2.11. The zero-order valence-electron chi connectivity index (χ0n) is 12.0. The lowest BCUT2D eigenvalue weighted by Crippen LogP contribution is -2.53. The van der Waals surface area contributed by atoms with Crippen LogP contribution in [-0.2, 0) is 14.3 Å². The summed E-state index contributed by atoms with van der Waals surface area (Å²) in [7, 11) is 0. The highest BCUT2D eigenvalue weighted by atomic mass is 16.5. The first-order chi connectivity index (χ1) is 9.04. The molecule has 0 saturated heterocycles. The fraction of sp³-hybridized carbons (Fsp3) is 0.875. The molecule has 0 heterocycles. The van der Waals surface area contributed by atoms with Gasteiger partial charge in [0.2, 0.25) is 0 Å². The van der Waals surface area contributed by atoms with Gasteiger partial charge >= 0.3 is 5.97 Å². The fourth-order valence-corrected chi connectivity index (χ4v) is 5.60. The number of ether oxygens (including phenoxy) is 1. The molecule has 0 amide bonds. The number of hydrogen-bond donors (Lipinski definition) is 0. The van der Waals surface area contributed by atoms with E-state index >= 15 is 0 Å². The number of esters is 1. The molecule has 4 bridgehead atoms. The van der Waals surface area contributed by atoms with Gasteiger partial charge in [-0.3, -0.25) is 9.59 Å². The van der Waals surface area contributed by atoms with Crippen LogP contribution in [-0.4, -0.2) is 18.4 Å². The molecule has 4 rings (SSSR count). The maximum Gasteiger partial charge on any atom is 0.317 e. The SMILES string of the molecule is CCOC(=O)[C@H](C(C)=O)C12CC3CC(CC(C3)C1)C2. The van der Waals surface area contributed by atoms with Gasteiger partial charge in [0.15, 0.2) is 0 Å². The second-order valence-electron chi connectivity index (χ2n) is 7.08. The largest absolute Gasteiger partial charge is 0.465 e. The van der Waals surface area contributed by atoms with Crippen molar-refractivity contribution in [3.63, 3.8) is 0 Å². The summed E-state index contributed by atoms with van der Waals surface area (Å²) in [5, 5.41) is 0. The molecule has 0 spiro atoms. The Bertz CT molecular complexity index is 364. The van der Waals surface area contributed by atoms with E-state index in [-0.39, 0.29) is 17.2 Å². The Kier molecular flexibility index (Phi) is 3.18. The van der Waals surface area contributed by atoms with Crippen molar-refractivity contribution in [2.24, 2.45) is 29.1 Å². The highest BCUT2D eigenvalue weighted by Gasteiger charge is 2.57. The molecule has 0 unspecified atom stereocenters. The van der Waals surface area contributed by atoms with Crippen molar-refractivity contribution in [3.8, 4) is 0 Å². The zero-order valence-corrected chi connectivity index (χ0v) is 12.0. The molecule has 19 heavy (non-hydrogen) atoms. The van der Waals surface area contributed by atoms with Crippen LogP contribution < -0.4 is 0 Å². The van der Waals surface area contributed by atoms with Gasteiger partial charge < -0.3 is 4.74 Å². The molecule has 4 aliphatic rings. The van der Waals surface area contributed by atoms with E-state index in [9.17, 15) is 9.59 Å². The van der Waals surface area contributed by atoms with Crippen LogP contribution in [0.15, 0.2) is 0 Å². The summed E-state index contributed by atoms with van der Waals surface area (Å²) in [4.78, 5) is 24.3. The van der Waals surface area contributed by atoms with Crippen molar-refractivity contribution in [1.82, 2.24) is 0 Å². The van der Waals surface area contributed by atoms with E-state index in [4.69, 9.17) is 4.74 Å². The minimum Gasteiger partial charge on any atom is -0.465 e. The zero-order chi connectivity index (χ0) is 13.6. The molecule has 3 heteroatoms. The van der Waals surface area contributed by atoms with E-state index in [2.05, 4.69) is 0 Å². The van der Waals surface area contributed by atoms with E-state index < -0.39 is 5.92 Å². The van der Waals surface area contributed by atoms with Gasteiger partial charge in [-0.15, -0.1) is 0 Å². The first-order valence-electron chi connectivity index (χ1n) is 7.71. The number of Topliss-reactive ketones (excluding diaryl/α,β-unsaturated/α-hetero) is 1. The van der Waals surface area contributed by atoms with Crippen LogP contribution >= 0.6 is 0 Å². The van der Waals surface area contributed by atoms with Crippen molar-refractivity contribution >= 4 is 11.8 Å². The van der Waals surface area contributed by atoms with Crippen LogP contribution in [0.4, 0.5) is 0 Å². The highest BCUT2D eigenvalue weighted by Crippen LogP contribution is 2.63. The van der Waals surface area contributed by atoms with Crippen LogP contribution in [0.2, 0.25) is 0 Å². The van der Waals surface area contributed by atoms with Gasteiger partial charge in [0.05, 0.1) is 6.61 Å². The molecule has 0 aromatic carbocycles. The van der Waals surface area contributed by atoms with Gasteiger partial charge in [-0.25, -0.2) is 0 Å². The monoisotopic (exact) mass is 264 g/mol. The number of ketones is 1. The van der Waals surface area contributed by atoms with Crippen LogP contribution in [0.25, 0.3) is 0 Å². The maximum atomic E-state index is 12.3. The Labute approximate surface area is 115 Å². The average molecular weight is 264 g/mol. The molecule has 4 aliphatic carbocycles. The molecule has 4 saturated carbocycles. The molecule has 3 nitrogen and oxygen atoms in total. The predicted molar refractivity (Wildman–Crippen MR) is 71.4 cm³/mol. The summed E-state index contributed by atoms with van der Waals surface area (Å²) in [6, 6.07) is 0. The highest BCUT2D eigenvalue weighted by molar-refractivity contribution is 5.98. The van der Waals surface area contributed by atoms with E-state index in [0.717, 1.165) is 37.0 Å². The molecular formula is C16H24O3. The van der Waals surface area contributed by atoms with Crippen molar-refractivity contribution in [2.45, 2.75) is 52.4 Å². The Morgan fingerprint density at radius 2 is 1.58 bits per heavy atom. The van der Waals surface area contributed by atoms with E-state index in [0.29, 0.717) is 6.61 Å². The van der Waals surface area contributed by atoms with Crippen LogP contribution in [0.1, 0.15) is 52.4 Å². The lowest BCUT2D eigenvalue weighted by atomic mass is 9.46.